The molecule has 1 aromatic carbocycles. The minimum absolute atomic E-state index is 0.0217. The summed E-state index contributed by atoms with van der Waals surface area (Å²) in [5.74, 6) is 7.54. The normalized spacial score (nSPS) is 17.9. The van der Waals surface area contributed by atoms with Crippen LogP contribution >= 0.6 is 0 Å². The predicted octanol–water partition coefficient (Wildman–Crippen LogP) is 1.15. The average molecular weight is 440 g/mol. The van der Waals surface area contributed by atoms with Gasteiger partial charge in [-0.05, 0) is 24.6 Å². The maximum absolute atomic E-state index is 11.8. The lowest BCUT2D eigenvalue weighted by molar-refractivity contribution is -0.123. The molecular weight excluding hydrogens is 410 g/mol. The quantitative estimate of drug-likeness (QED) is 0.271. The first-order valence-corrected chi connectivity index (χ1v) is 10.2. The van der Waals surface area contributed by atoms with E-state index >= 15 is 0 Å². The van der Waals surface area contributed by atoms with Crippen LogP contribution in [0.5, 0.6) is 5.75 Å². The van der Waals surface area contributed by atoms with Gasteiger partial charge in [0.2, 0.25) is 11.9 Å². The number of anilines is 1. The van der Waals surface area contributed by atoms with Crippen molar-refractivity contribution in [3.05, 3.63) is 59.7 Å². The molecule has 1 aliphatic heterocycles. The Hall–Kier alpha value is -3.63. The van der Waals surface area contributed by atoms with Gasteiger partial charge >= 0.3 is 0 Å². The summed E-state index contributed by atoms with van der Waals surface area (Å²) in [5, 5.41) is 7.22. The molecule has 1 heterocycles. The van der Waals surface area contributed by atoms with Crippen molar-refractivity contribution in [2.45, 2.75) is 12.8 Å². The fourth-order valence-electron chi connectivity index (χ4n) is 3.10. The van der Waals surface area contributed by atoms with Crippen molar-refractivity contribution in [1.29, 1.82) is 0 Å². The molecule has 2 aliphatic rings. The van der Waals surface area contributed by atoms with Gasteiger partial charge in [-0.15, -0.1) is 0 Å². The number of nitrogens with two attached hydrogens (primary N) is 2. The highest BCUT2D eigenvalue weighted by atomic mass is 16.5. The van der Waals surface area contributed by atoms with Crippen LogP contribution in [0, 0.1) is 5.92 Å². The number of rotatable bonds is 8. The van der Waals surface area contributed by atoms with Gasteiger partial charge < -0.3 is 25.8 Å². The third-order valence-electron chi connectivity index (χ3n) is 4.84. The van der Waals surface area contributed by atoms with Crippen LogP contribution in [0.15, 0.2) is 69.7 Å². The third kappa shape index (κ3) is 5.96. The highest BCUT2D eigenvalue weighted by Gasteiger charge is 2.18. The molecule has 0 bridgehead atoms. The first kappa shape index (κ1) is 23.0. The number of carbonyl (C=O) groups is 1. The van der Waals surface area contributed by atoms with E-state index in [0.717, 1.165) is 5.70 Å². The van der Waals surface area contributed by atoms with Crippen LogP contribution < -0.4 is 32.0 Å². The molecule has 1 atom stereocenters. The molecule has 0 saturated carbocycles. The molecule has 32 heavy (non-hydrogen) atoms. The highest BCUT2D eigenvalue weighted by Crippen LogP contribution is 2.24. The van der Waals surface area contributed by atoms with Gasteiger partial charge in [0.05, 0.1) is 23.9 Å². The highest BCUT2D eigenvalue weighted by molar-refractivity contribution is 5.92. The summed E-state index contributed by atoms with van der Waals surface area (Å²) in [5.41, 5.74) is 8.16. The Morgan fingerprint density at radius 1 is 1.34 bits per heavy atom. The molecule has 1 unspecified atom stereocenters. The molecule has 1 aliphatic carbocycles. The van der Waals surface area contributed by atoms with Crippen LogP contribution in [-0.4, -0.2) is 45.5 Å². The lowest BCUT2D eigenvalue weighted by atomic mass is 9.98. The van der Waals surface area contributed by atoms with Crippen molar-refractivity contribution in [2.75, 3.05) is 32.4 Å². The second kappa shape index (κ2) is 11.1. The molecule has 10 heteroatoms. The Morgan fingerprint density at radius 3 is 2.91 bits per heavy atom. The number of hydrogen-bond acceptors (Lipinski definition) is 9. The van der Waals surface area contributed by atoms with Crippen LogP contribution in [-0.2, 0) is 9.53 Å². The number of hydrazine groups is 1. The summed E-state index contributed by atoms with van der Waals surface area (Å²) in [4.78, 5) is 20.7. The molecule has 170 valence electrons. The first-order valence-electron chi connectivity index (χ1n) is 10.2. The van der Waals surface area contributed by atoms with Crippen molar-refractivity contribution in [1.82, 2.24) is 10.6 Å². The number of nitrogens with zero attached hydrogens (tertiary/aromatic N) is 3. The summed E-state index contributed by atoms with van der Waals surface area (Å²) >= 11 is 0. The zero-order chi connectivity index (χ0) is 22.9. The maximum atomic E-state index is 11.8. The summed E-state index contributed by atoms with van der Waals surface area (Å²) < 4.78 is 10.7. The molecular formula is C22H29N7O3. The van der Waals surface area contributed by atoms with Crippen LogP contribution in [0.4, 0.5) is 5.69 Å². The molecule has 0 spiro atoms. The topological polar surface area (TPSA) is 140 Å². The number of hydrogen-bond donors (Lipinski definition) is 4. The second-order valence-corrected chi connectivity index (χ2v) is 7.11. The number of guanidine groups is 1. The predicted molar refractivity (Wildman–Crippen MR) is 125 cm³/mol. The van der Waals surface area contributed by atoms with Crippen LogP contribution in [0.25, 0.3) is 0 Å². The molecule has 0 fully saturated rings. The Morgan fingerprint density at radius 2 is 2.19 bits per heavy atom. The molecule has 0 saturated heterocycles. The number of nitrogens with one attached hydrogen (secondary N) is 2. The van der Waals surface area contributed by atoms with E-state index < -0.39 is 0 Å². The van der Waals surface area contributed by atoms with Crippen molar-refractivity contribution in [2.24, 2.45) is 27.5 Å². The van der Waals surface area contributed by atoms with Gasteiger partial charge in [-0.25, -0.2) is 10.8 Å². The minimum atomic E-state index is -0.186. The number of allylic oxidation sites excluding steroid dienone is 3. The van der Waals surface area contributed by atoms with E-state index in [2.05, 4.69) is 20.6 Å². The van der Waals surface area contributed by atoms with Gasteiger partial charge in [0, 0.05) is 38.6 Å². The number of carbonyl (C=O) groups excluding carboxylic acids is 1. The molecule has 0 radical (unpaired) electrons. The fourth-order valence-corrected chi connectivity index (χ4v) is 3.10. The lowest BCUT2D eigenvalue weighted by Crippen LogP contribution is -2.33. The Balaban J connectivity index is 1.74. The Labute approximate surface area is 187 Å². The molecule has 3 rings (SSSR count). The average Bonchev–Trinajstić information content (AvgIpc) is 3.00. The van der Waals surface area contributed by atoms with E-state index in [1.807, 2.05) is 36.4 Å². The van der Waals surface area contributed by atoms with Gasteiger partial charge in [-0.1, -0.05) is 18.2 Å². The van der Waals surface area contributed by atoms with Crippen LogP contribution in [0.2, 0.25) is 0 Å². The molecule has 6 N–H and O–H groups in total. The van der Waals surface area contributed by atoms with Crippen LogP contribution in [0.1, 0.15) is 12.8 Å². The smallest absolute Gasteiger partial charge is 0.228 e. The number of aliphatic imine (C=N–C) groups is 2. The number of amides is 1. The number of methoxy groups -OCH3 is 1. The third-order valence-corrected chi connectivity index (χ3v) is 4.84. The van der Waals surface area contributed by atoms with E-state index in [1.165, 1.54) is 5.01 Å². The van der Waals surface area contributed by atoms with E-state index in [-0.39, 0.29) is 11.8 Å². The van der Waals surface area contributed by atoms with E-state index in [1.54, 1.807) is 26.4 Å². The zero-order valence-corrected chi connectivity index (χ0v) is 18.2. The first-order chi connectivity index (χ1) is 15.5. The van der Waals surface area contributed by atoms with Crippen LogP contribution in [0.3, 0.4) is 0 Å². The lowest BCUT2D eigenvalue weighted by Gasteiger charge is -2.21. The fraction of sp³-hybridized carbons (Fsp3) is 0.318. The van der Waals surface area contributed by atoms with Crippen molar-refractivity contribution in [3.8, 4) is 5.75 Å². The molecule has 1 aromatic rings. The molecule has 0 aromatic heterocycles. The Kier molecular flexibility index (Phi) is 8.01. The molecule has 1 amide bonds. The molecule has 10 nitrogen and oxygen atoms in total. The van der Waals surface area contributed by atoms with Crippen molar-refractivity contribution in [3.63, 3.8) is 0 Å². The Bertz CT molecular complexity index is 981. The van der Waals surface area contributed by atoms with Gasteiger partial charge in [0.15, 0.2) is 5.82 Å². The van der Waals surface area contributed by atoms with Crippen molar-refractivity contribution >= 4 is 23.8 Å². The standard InChI is InChI=1S/C22H29N7O3/c1-25-21(30)15-6-8-16(9-7-15)27-22-26-11-10-19(23)20(28-22)29(24)17-4-3-5-18(14-17)32-13-12-31-2/h3-6,8-9,11,14-15H,7,10,12-13,23-24H2,1-2H3,(H,25,30)(H,27,28). The SMILES string of the molecule is CNC(=O)C1C=CC(NC2=NC(N(N)c3cccc(OCCOC)c3)=C(N)CC=N2)=CC1. The summed E-state index contributed by atoms with van der Waals surface area (Å²) in [7, 11) is 3.24. The summed E-state index contributed by atoms with van der Waals surface area (Å²) in [6, 6.07) is 7.31. The minimum Gasteiger partial charge on any atom is -0.491 e. The van der Waals surface area contributed by atoms with Gasteiger partial charge in [0.25, 0.3) is 0 Å². The van der Waals surface area contributed by atoms with E-state index in [9.17, 15) is 4.79 Å². The largest absolute Gasteiger partial charge is 0.491 e. The number of benzene rings is 1. The van der Waals surface area contributed by atoms with Crippen molar-refractivity contribution < 1.29 is 14.3 Å². The zero-order valence-electron chi connectivity index (χ0n) is 18.2. The van der Waals surface area contributed by atoms with E-state index in [0.29, 0.717) is 55.0 Å². The summed E-state index contributed by atoms with van der Waals surface area (Å²) in [6.45, 7) is 0.915. The van der Waals surface area contributed by atoms with E-state index in [4.69, 9.17) is 21.1 Å². The monoisotopic (exact) mass is 439 g/mol. The number of ether oxygens (including phenoxy) is 2. The van der Waals surface area contributed by atoms with Gasteiger partial charge in [-0.2, -0.15) is 4.99 Å². The van der Waals surface area contributed by atoms with Gasteiger partial charge in [0.1, 0.15) is 12.4 Å². The maximum Gasteiger partial charge on any atom is 0.228 e. The second-order valence-electron chi connectivity index (χ2n) is 7.11. The summed E-state index contributed by atoms with van der Waals surface area (Å²) in [6.07, 6.45) is 8.26. The van der Waals surface area contributed by atoms with Gasteiger partial charge in [-0.3, -0.25) is 9.80 Å².